The summed E-state index contributed by atoms with van der Waals surface area (Å²) in [6, 6.07) is 9.02. The highest BCUT2D eigenvalue weighted by atomic mass is 16.7. The van der Waals surface area contributed by atoms with E-state index in [4.69, 9.17) is 23.7 Å². The molecule has 118 valence electrons. The topological polar surface area (TPSA) is 66.4 Å². The third kappa shape index (κ3) is 1.61. The van der Waals surface area contributed by atoms with Gasteiger partial charge in [0.05, 0.1) is 7.11 Å². The molecule has 0 unspecified atom stereocenters. The van der Waals surface area contributed by atoms with E-state index in [9.17, 15) is 5.11 Å². The summed E-state index contributed by atoms with van der Waals surface area (Å²) >= 11 is 0. The zero-order valence-electron chi connectivity index (χ0n) is 12.4. The van der Waals surface area contributed by atoms with Gasteiger partial charge in [0.2, 0.25) is 6.79 Å². The van der Waals surface area contributed by atoms with Crippen LogP contribution in [0.5, 0.6) is 28.7 Å². The molecule has 6 heteroatoms. The summed E-state index contributed by atoms with van der Waals surface area (Å²) in [5, 5.41) is 11.2. The molecule has 3 aliphatic rings. The highest BCUT2D eigenvalue weighted by Crippen LogP contribution is 2.56. The van der Waals surface area contributed by atoms with Crippen LogP contribution in [0.15, 0.2) is 30.3 Å². The second kappa shape index (κ2) is 4.23. The predicted molar refractivity (Wildman–Crippen MR) is 78.3 cm³/mol. The molecule has 0 saturated heterocycles. The Morgan fingerprint density at radius 3 is 2.70 bits per heavy atom. The first-order valence-electron chi connectivity index (χ1n) is 7.33. The minimum atomic E-state index is -1.25. The molecular weight excluding hydrogens is 300 g/mol. The average molecular weight is 314 g/mol. The van der Waals surface area contributed by atoms with E-state index >= 15 is 0 Å². The number of ether oxygens (including phenoxy) is 5. The van der Waals surface area contributed by atoms with Gasteiger partial charge >= 0.3 is 0 Å². The lowest BCUT2D eigenvalue weighted by Gasteiger charge is -2.34. The molecule has 0 aliphatic carbocycles. The number of rotatable bonds is 1. The SMILES string of the molecule is COc1ccc2c(c1)OC[C@@]1(O)c3cc4c(cc3O[C@H]21)OCO4. The molecule has 23 heavy (non-hydrogen) atoms. The van der Waals surface area contributed by atoms with Crippen molar-refractivity contribution in [3.63, 3.8) is 0 Å². The van der Waals surface area contributed by atoms with Gasteiger partial charge in [-0.25, -0.2) is 0 Å². The maximum Gasteiger partial charge on any atom is 0.231 e. The van der Waals surface area contributed by atoms with Gasteiger partial charge < -0.3 is 28.8 Å². The van der Waals surface area contributed by atoms with Crippen molar-refractivity contribution in [3.8, 4) is 28.7 Å². The zero-order chi connectivity index (χ0) is 15.6. The second-order valence-electron chi connectivity index (χ2n) is 5.82. The summed E-state index contributed by atoms with van der Waals surface area (Å²) in [4.78, 5) is 0. The van der Waals surface area contributed by atoms with E-state index < -0.39 is 11.7 Å². The fourth-order valence-corrected chi connectivity index (χ4v) is 3.37. The lowest BCUT2D eigenvalue weighted by atomic mass is 9.85. The molecule has 2 aromatic carbocycles. The highest BCUT2D eigenvalue weighted by molar-refractivity contribution is 5.58. The summed E-state index contributed by atoms with van der Waals surface area (Å²) in [5.74, 6) is 3.19. The van der Waals surface area contributed by atoms with E-state index in [0.29, 0.717) is 34.3 Å². The van der Waals surface area contributed by atoms with Gasteiger partial charge in [-0.2, -0.15) is 0 Å². The Hall–Kier alpha value is -2.60. The maximum absolute atomic E-state index is 11.2. The van der Waals surface area contributed by atoms with Crippen LogP contribution in [0, 0.1) is 0 Å². The van der Waals surface area contributed by atoms with Crippen molar-refractivity contribution in [1.82, 2.24) is 0 Å². The maximum atomic E-state index is 11.2. The molecule has 1 N–H and O–H groups in total. The lowest BCUT2D eigenvalue weighted by Crippen LogP contribution is -2.41. The summed E-state index contributed by atoms with van der Waals surface area (Å²) in [7, 11) is 1.60. The zero-order valence-corrected chi connectivity index (χ0v) is 12.4. The van der Waals surface area contributed by atoms with Crippen molar-refractivity contribution in [2.45, 2.75) is 11.7 Å². The predicted octanol–water partition coefficient (Wildman–Crippen LogP) is 2.14. The van der Waals surface area contributed by atoms with Crippen LogP contribution in [-0.4, -0.2) is 25.6 Å². The van der Waals surface area contributed by atoms with Crippen LogP contribution in [0.4, 0.5) is 0 Å². The molecule has 0 radical (unpaired) electrons. The molecule has 0 spiro atoms. The number of hydrogen-bond acceptors (Lipinski definition) is 6. The summed E-state index contributed by atoms with van der Waals surface area (Å²) < 4.78 is 27.8. The summed E-state index contributed by atoms with van der Waals surface area (Å²) in [5.41, 5.74) is 0.198. The minimum Gasteiger partial charge on any atom is -0.497 e. The molecule has 0 amide bonds. The molecule has 0 aromatic heterocycles. The Morgan fingerprint density at radius 2 is 1.87 bits per heavy atom. The lowest BCUT2D eigenvalue weighted by molar-refractivity contribution is -0.0865. The van der Waals surface area contributed by atoms with Gasteiger partial charge in [0.1, 0.15) is 23.9 Å². The fraction of sp³-hybridized carbons (Fsp3) is 0.294. The molecule has 2 atom stereocenters. The Labute approximate surface area is 132 Å². The Balaban J connectivity index is 1.63. The molecular formula is C17H14O6. The van der Waals surface area contributed by atoms with Crippen LogP contribution < -0.4 is 23.7 Å². The Morgan fingerprint density at radius 1 is 1.04 bits per heavy atom. The van der Waals surface area contributed by atoms with Gasteiger partial charge in [0, 0.05) is 23.3 Å². The van der Waals surface area contributed by atoms with Gasteiger partial charge in [0.25, 0.3) is 0 Å². The standard InChI is InChI=1S/C17H14O6/c1-19-9-2-3-10-12(4-9)20-7-17(18)11-5-14-15(22-8-21-14)6-13(11)23-16(10)17/h2-6,16,18H,7-8H2,1H3/t16-,17-/m1/s1. The van der Waals surface area contributed by atoms with Gasteiger partial charge in [-0.05, 0) is 18.2 Å². The fourth-order valence-electron chi connectivity index (χ4n) is 3.37. The van der Waals surface area contributed by atoms with Crippen LogP contribution in [-0.2, 0) is 5.60 Å². The molecule has 2 aromatic rings. The smallest absolute Gasteiger partial charge is 0.231 e. The highest BCUT2D eigenvalue weighted by Gasteiger charge is 2.53. The summed E-state index contributed by atoms with van der Waals surface area (Å²) in [6.07, 6.45) is -0.533. The molecule has 0 bridgehead atoms. The number of hydrogen-bond donors (Lipinski definition) is 1. The van der Waals surface area contributed by atoms with Crippen LogP contribution in [0.3, 0.4) is 0 Å². The van der Waals surface area contributed by atoms with Crippen LogP contribution in [0.25, 0.3) is 0 Å². The van der Waals surface area contributed by atoms with Gasteiger partial charge in [-0.1, -0.05) is 0 Å². The number of aliphatic hydroxyl groups is 1. The molecule has 3 heterocycles. The first-order chi connectivity index (χ1) is 11.2. The minimum absolute atomic E-state index is 0.102. The van der Waals surface area contributed by atoms with E-state index in [-0.39, 0.29) is 13.4 Å². The molecule has 6 nitrogen and oxygen atoms in total. The first-order valence-corrected chi connectivity index (χ1v) is 7.33. The number of methoxy groups -OCH3 is 1. The first kappa shape index (κ1) is 12.9. The van der Waals surface area contributed by atoms with Crippen LogP contribution in [0.2, 0.25) is 0 Å². The third-order valence-corrected chi connectivity index (χ3v) is 4.57. The second-order valence-corrected chi connectivity index (χ2v) is 5.82. The van der Waals surface area contributed by atoms with Crippen molar-refractivity contribution in [2.24, 2.45) is 0 Å². The number of benzene rings is 2. The third-order valence-electron chi connectivity index (χ3n) is 4.57. The van der Waals surface area contributed by atoms with E-state index in [1.165, 1.54) is 0 Å². The summed E-state index contributed by atoms with van der Waals surface area (Å²) in [6.45, 7) is 0.281. The normalized spacial score (nSPS) is 25.7. The van der Waals surface area contributed by atoms with Gasteiger partial charge in [0.15, 0.2) is 23.2 Å². The van der Waals surface area contributed by atoms with Crippen molar-refractivity contribution in [3.05, 3.63) is 41.5 Å². The Bertz CT molecular complexity index is 817. The molecule has 0 fully saturated rings. The van der Waals surface area contributed by atoms with E-state index in [1.54, 1.807) is 25.3 Å². The van der Waals surface area contributed by atoms with Gasteiger partial charge in [-0.3, -0.25) is 0 Å². The molecule has 0 saturated carbocycles. The largest absolute Gasteiger partial charge is 0.497 e. The van der Waals surface area contributed by atoms with E-state index in [0.717, 1.165) is 5.56 Å². The van der Waals surface area contributed by atoms with E-state index in [2.05, 4.69) is 0 Å². The number of fused-ring (bicyclic) bond motifs is 6. The van der Waals surface area contributed by atoms with E-state index in [1.807, 2.05) is 12.1 Å². The molecule has 3 aliphatic heterocycles. The van der Waals surface area contributed by atoms with Crippen LogP contribution in [0.1, 0.15) is 17.2 Å². The quantitative estimate of drug-likeness (QED) is 0.870. The van der Waals surface area contributed by atoms with Crippen molar-refractivity contribution < 1.29 is 28.8 Å². The monoisotopic (exact) mass is 314 g/mol. The van der Waals surface area contributed by atoms with Crippen LogP contribution >= 0.6 is 0 Å². The van der Waals surface area contributed by atoms with Gasteiger partial charge in [-0.15, -0.1) is 0 Å². The van der Waals surface area contributed by atoms with Crippen molar-refractivity contribution in [2.75, 3.05) is 20.5 Å². The molecule has 5 rings (SSSR count). The van der Waals surface area contributed by atoms with Crippen molar-refractivity contribution >= 4 is 0 Å². The Kier molecular flexibility index (Phi) is 2.37. The average Bonchev–Trinajstić information content (AvgIpc) is 3.14. The van der Waals surface area contributed by atoms with Crippen molar-refractivity contribution in [1.29, 1.82) is 0 Å².